The van der Waals surface area contributed by atoms with Crippen molar-refractivity contribution in [2.24, 2.45) is 17.3 Å². The summed E-state index contributed by atoms with van der Waals surface area (Å²) in [5.41, 5.74) is -0.0687. The first-order valence-corrected chi connectivity index (χ1v) is 10.5. The molecule has 4 nitrogen and oxygen atoms in total. The lowest BCUT2D eigenvalue weighted by Gasteiger charge is -2.60. The third kappa shape index (κ3) is 2.70. The molecule has 4 aliphatic carbocycles. The minimum absolute atomic E-state index is 0.0687. The van der Waals surface area contributed by atoms with Crippen LogP contribution in [0.1, 0.15) is 38.5 Å². The molecule has 5 aliphatic rings. The molecule has 5 fully saturated rings. The molecular weight excluding hydrogens is 378 g/mol. The van der Waals surface area contributed by atoms with Crippen LogP contribution >= 0.6 is 15.9 Å². The number of nitrogens with zero attached hydrogens (tertiary/aromatic N) is 3. The van der Waals surface area contributed by atoms with Crippen LogP contribution in [-0.4, -0.2) is 46.3 Å². The molecule has 4 bridgehead atoms. The van der Waals surface area contributed by atoms with Crippen LogP contribution in [0.3, 0.4) is 0 Å². The highest BCUT2D eigenvalue weighted by atomic mass is 79.9. The van der Waals surface area contributed by atoms with Crippen molar-refractivity contribution in [2.45, 2.75) is 42.8 Å². The average Bonchev–Trinajstić information content (AvgIpc) is 2.60. The molecule has 0 aromatic carbocycles. The molecule has 4 saturated carbocycles. The fourth-order valence-electron chi connectivity index (χ4n) is 6.42. The van der Waals surface area contributed by atoms with Crippen LogP contribution < -0.4 is 4.90 Å². The molecular formula is C20H26BrN3O. The smallest absolute Gasteiger partial charge is 0.228 e. The molecule has 2 unspecified atom stereocenters. The second kappa shape index (κ2) is 5.70. The van der Waals surface area contributed by atoms with Crippen LogP contribution in [0, 0.1) is 17.3 Å². The topological polar surface area (TPSA) is 36.4 Å². The fraction of sp³-hybridized carbons (Fsp3) is 0.700. The van der Waals surface area contributed by atoms with E-state index < -0.39 is 0 Å². The number of rotatable bonds is 2. The lowest BCUT2D eigenvalue weighted by molar-refractivity contribution is -0.155. The number of carbonyl (C=O) groups is 1. The third-order valence-corrected chi connectivity index (χ3v) is 7.91. The summed E-state index contributed by atoms with van der Waals surface area (Å²) in [5.74, 6) is 3.01. The highest BCUT2D eigenvalue weighted by Crippen LogP contribution is 2.64. The van der Waals surface area contributed by atoms with E-state index in [1.165, 1.54) is 19.3 Å². The molecule has 1 aliphatic heterocycles. The second-order valence-electron chi connectivity index (χ2n) is 8.86. The van der Waals surface area contributed by atoms with Gasteiger partial charge in [-0.2, -0.15) is 0 Å². The number of anilines is 1. The Hall–Kier alpha value is -1.10. The molecule has 5 heteroatoms. The summed E-state index contributed by atoms with van der Waals surface area (Å²) in [7, 11) is 0. The Labute approximate surface area is 158 Å². The molecule has 0 N–H and O–H groups in total. The van der Waals surface area contributed by atoms with Gasteiger partial charge in [-0.05, 0) is 62.5 Å². The number of carbonyl (C=O) groups excluding carboxylic acids is 1. The predicted octanol–water partition coefficient (Wildman–Crippen LogP) is 3.46. The Balaban J connectivity index is 1.30. The van der Waals surface area contributed by atoms with E-state index in [1.54, 1.807) is 0 Å². The van der Waals surface area contributed by atoms with Gasteiger partial charge in [-0.25, -0.2) is 4.98 Å². The van der Waals surface area contributed by atoms with Gasteiger partial charge in [0.2, 0.25) is 5.91 Å². The van der Waals surface area contributed by atoms with Crippen LogP contribution in [-0.2, 0) is 4.79 Å². The van der Waals surface area contributed by atoms with E-state index in [1.807, 2.05) is 18.3 Å². The zero-order valence-electron chi connectivity index (χ0n) is 14.7. The van der Waals surface area contributed by atoms with Crippen LogP contribution in [0.15, 0.2) is 24.4 Å². The van der Waals surface area contributed by atoms with Gasteiger partial charge in [0.15, 0.2) is 0 Å². The van der Waals surface area contributed by atoms with Crippen molar-refractivity contribution in [3.05, 3.63) is 24.4 Å². The standard InChI is InChI=1S/C20H26BrN3O/c21-20-12-15-9-16(13-20)11-19(10-15,14-20)18(25)24-7-5-23(6-8-24)17-3-1-2-4-22-17/h1-4,15-16H,5-14H2. The number of hydrogen-bond donors (Lipinski definition) is 0. The summed E-state index contributed by atoms with van der Waals surface area (Å²) in [4.78, 5) is 22.4. The molecule has 2 heterocycles. The van der Waals surface area contributed by atoms with E-state index in [4.69, 9.17) is 0 Å². The van der Waals surface area contributed by atoms with Crippen molar-refractivity contribution >= 4 is 27.7 Å². The number of aromatic nitrogens is 1. The first-order chi connectivity index (χ1) is 12.1. The average molecular weight is 404 g/mol. The van der Waals surface area contributed by atoms with E-state index >= 15 is 0 Å². The number of amides is 1. The largest absolute Gasteiger partial charge is 0.353 e. The Kier molecular flexibility index (Phi) is 3.67. The molecule has 25 heavy (non-hydrogen) atoms. The minimum Gasteiger partial charge on any atom is -0.353 e. The van der Waals surface area contributed by atoms with Gasteiger partial charge >= 0.3 is 0 Å². The number of pyridine rings is 1. The van der Waals surface area contributed by atoms with Gasteiger partial charge in [-0.3, -0.25) is 4.79 Å². The molecule has 1 saturated heterocycles. The molecule has 0 radical (unpaired) electrons. The summed E-state index contributed by atoms with van der Waals surface area (Å²) >= 11 is 4.04. The fourth-order valence-corrected chi connectivity index (χ4v) is 7.87. The molecule has 1 aromatic rings. The molecule has 1 aromatic heterocycles. The summed E-state index contributed by atoms with van der Waals surface area (Å²) < 4.78 is 0.253. The van der Waals surface area contributed by atoms with Crippen LogP contribution in [0.25, 0.3) is 0 Å². The lowest BCUT2D eigenvalue weighted by atomic mass is 9.49. The van der Waals surface area contributed by atoms with Crippen molar-refractivity contribution in [2.75, 3.05) is 31.1 Å². The maximum Gasteiger partial charge on any atom is 0.228 e. The Morgan fingerprint density at radius 1 is 1.08 bits per heavy atom. The SMILES string of the molecule is O=C(N1CCN(c2ccccn2)CC1)C12CC3CC(CC(Br)(C3)C1)C2. The minimum atomic E-state index is -0.0687. The summed E-state index contributed by atoms with van der Waals surface area (Å²) in [5, 5.41) is 0. The van der Waals surface area contributed by atoms with Gasteiger partial charge in [0.1, 0.15) is 5.82 Å². The van der Waals surface area contributed by atoms with Crippen molar-refractivity contribution < 1.29 is 4.79 Å². The van der Waals surface area contributed by atoms with Gasteiger partial charge in [0.25, 0.3) is 0 Å². The van der Waals surface area contributed by atoms with Gasteiger partial charge < -0.3 is 9.80 Å². The summed E-state index contributed by atoms with van der Waals surface area (Å²) in [6.45, 7) is 3.46. The maximum absolute atomic E-state index is 13.5. The molecule has 0 spiro atoms. The summed E-state index contributed by atoms with van der Waals surface area (Å²) in [6, 6.07) is 6.04. The zero-order valence-corrected chi connectivity index (χ0v) is 16.2. The molecule has 6 rings (SSSR count). The first-order valence-electron chi connectivity index (χ1n) is 9.70. The van der Waals surface area contributed by atoms with Crippen LogP contribution in [0.5, 0.6) is 0 Å². The van der Waals surface area contributed by atoms with E-state index in [2.05, 4.69) is 36.8 Å². The van der Waals surface area contributed by atoms with Gasteiger partial charge in [-0.15, -0.1) is 0 Å². The van der Waals surface area contributed by atoms with Gasteiger partial charge in [0.05, 0.1) is 5.41 Å². The number of halogens is 1. The van der Waals surface area contributed by atoms with Crippen LogP contribution in [0.4, 0.5) is 5.82 Å². The Morgan fingerprint density at radius 3 is 2.40 bits per heavy atom. The highest BCUT2D eigenvalue weighted by Gasteiger charge is 2.60. The zero-order chi connectivity index (χ0) is 17.1. The quantitative estimate of drug-likeness (QED) is 0.709. The van der Waals surface area contributed by atoms with E-state index in [0.717, 1.165) is 63.1 Å². The van der Waals surface area contributed by atoms with Crippen molar-refractivity contribution in [1.82, 2.24) is 9.88 Å². The van der Waals surface area contributed by atoms with E-state index in [0.29, 0.717) is 5.91 Å². The second-order valence-corrected chi connectivity index (χ2v) is 10.5. The monoisotopic (exact) mass is 403 g/mol. The van der Waals surface area contributed by atoms with Crippen molar-refractivity contribution in [3.63, 3.8) is 0 Å². The Morgan fingerprint density at radius 2 is 1.80 bits per heavy atom. The lowest BCUT2D eigenvalue weighted by Crippen LogP contribution is -2.61. The Bertz CT molecular complexity index is 657. The maximum atomic E-state index is 13.5. The number of hydrogen-bond acceptors (Lipinski definition) is 3. The predicted molar refractivity (Wildman–Crippen MR) is 102 cm³/mol. The first kappa shape index (κ1) is 16.1. The summed E-state index contributed by atoms with van der Waals surface area (Å²) in [6.07, 6.45) is 9.10. The third-order valence-electron chi connectivity index (χ3n) is 6.98. The number of piperazine rings is 1. The molecule has 134 valence electrons. The van der Waals surface area contributed by atoms with Gasteiger partial charge in [0, 0.05) is 36.7 Å². The van der Waals surface area contributed by atoms with Crippen molar-refractivity contribution in [3.8, 4) is 0 Å². The molecule has 1 amide bonds. The number of alkyl halides is 1. The van der Waals surface area contributed by atoms with E-state index in [-0.39, 0.29) is 9.74 Å². The van der Waals surface area contributed by atoms with Crippen LogP contribution in [0.2, 0.25) is 0 Å². The normalized spacial score (nSPS) is 39.7. The highest BCUT2D eigenvalue weighted by molar-refractivity contribution is 9.10. The van der Waals surface area contributed by atoms with Gasteiger partial charge in [-0.1, -0.05) is 22.0 Å². The van der Waals surface area contributed by atoms with E-state index in [9.17, 15) is 4.79 Å². The van der Waals surface area contributed by atoms with Crippen molar-refractivity contribution in [1.29, 1.82) is 0 Å². The molecule has 2 atom stereocenters.